The summed E-state index contributed by atoms with van der Waals surface area (Å²) in [7, 11) is 0. The lowest BCUT2D eigenvalue weighted by Gasteiger charge is -2.11. The quantitative estimate of drug-likeness (QED) is 0.189. The van der Waals surface area contributed by atoms with Crippen LogP contribution in [0.1, 0.15) is 20.3 Å². The van der Waals surface area contributed by atoms with Gasteiger partial charge in [0.25, 0.3) is 0 Å². The van der Waals surface area contributed by atoms with E-state index in [1.807, 2.05) is 18.7 Å². The highest BCUT2D eigenvalue weighted by molar-refractivity contribution is 7.98. The van der Waals surface area contributed by atoms with E-state index >= 15 is 0 Å². The topological polar surface area (TPSA) is 71.7 Å². The first kappa shape index (κ1) is 16.5. The van der Waals surface area contributed by atoms with Crippen LogP contribution in [0, 0.1) is 5.92 Å². The summed E-state index contributed by atoms with van der Waals surface area (Å²) in [5.74, 6) is 7.74. The average molecular weight is 262 g/mol. The molecule has 0 aromatic carbocycles. The molecule has 0 aromatic heterocycles. The van der Waals surface area contributed by atoms with Gasteiger partial charge in [0.05, 0.1) is 0 Å². The van der Waals surface area contributed by atoms with Crippen molar-refractivity contribution in [3.63, 3.8) is 0 Å². The summed E-state index contributed by atoms with van der Waals surface area (Å²) in [6.45, 7) is 7.32. The fraction of sp³-hybridized carbons (Fsp3) is 0.909. The van der Waals surface area contributed by atoms with Gasteiger partial charge >= 0.3 is 0 Å². The number of nitrogens with two attached hydrogens (primary N) is 1. The normalized spacial score (nSPS) is 13.5. The van der Waals surface area contributed by atoms with Crippen LogP contribution < -0.4 is 16.6 Å². The summed E-state index contributed by atoms with van der Waals surface area (Å²) in [5, 5.41) is 3.15. The van der Waals surface area contributed by atoms with Crippen LogP contribution >= 0.6 is 11.8 Å². The van der Waals surface area contributed by atoms with Gasteiger partial charge in [0.1, 0.15) is 0 Å². The largest absolute Gasteiger partial charge is 0.382 e. The Morgan fingerprint density at radius 1 is 1.53 bits per heavy atom. The molecule has 0 rings (SSSR count). The molecule has 102 valence electrons. The zero-order chi connectivity index (χ0) is 12.9. The third-order valence-electron chi connectivity index (χ3n) is 2.11. The number of guanidine groups is 1. The Balaban J connectivity index is 3.69. The van der Waals surface area contributed by atoms with Gasteiger partial charge in [-0.3, -0.25) is 10.4 Å². The first-order valence-electron chi connectivity index (χ1n) is 6.06. The number of hydrazine groups is 1. The van der Waals surface area contributed by atoms with Crippen LogP contribution in [0.3, 0.4) is 0 Å². The van der Waals surface area contributed by atoms with Crippen LogP contribution in [-0.2, 0) is 4.74 Å². The van der Waals surface area contributed by atoms with E-state index in [9.17, 15) is 0 Å². The highest BCUT2D eigenvalue weighted by Crippen LogP contribution is 2.04. The maximum Gasteiger partial charge on any atom is 0.205 e. The van der Waals surface area contributed by atoms with Gasteiger partial charge in [0, 0.05) is 26.3 Å². The van der Waals surface area contributed by atoms with E-state index < -0.39 is 0 Å². The smallest absolute Gasteiger partial charge is 0.205 e. The number of hydrogen-bond acceptors (Lipinski definition) is 4. The van der Waals surface area contributed by atoms with Crippen molar-refractivity contribution in [1.29, 1.82) is 0 Å². The minimum atomic E-state index is 0.568. The molecule has 4 N–H and O–H groups in total. The van der Waals surface area contributed by atoms with E-state index in [-0.39, 0.29) is 0 Å². The Kier molecular flexibility index (Phi) is 11.7. The Hall–Kier alpha value is -0.460. The van der Waals surface area contributed by atoms with Crippen molar-refractivity contribution < 1.29 is 4.74 Å². The molecule has 17 heavy (non-hydrogen) atoms. The second-order valence-corrected chi connectivity index (χ2v) is 4.78. The first-order valence-corrected chi connectivity index (χ1v) is 7.45. The third kappa shape index (κ3) is 10.4. The van der Waals surface area contributed by atoms with Crippen LogP contribution in [0.25, 0.3) is 0 Å². The number of hydrogen-bond donors (Lipinski definition) is 3. The second-order valence-electron chi connectivity index (χ2n) is 3.87. The Morgan fingerprint density at radius 3 is 2.88 bits per heavy atom. The van der Waals surface area contributed by atoms with Crippen molar-refractivity contribution in [2.24, 2.45) is 16.8 Å². The molecule has 0 amide bonds. The molecule has 0 bridgehead atoms. The van der Waals surface area contributed by atoms with Crippen LogP contribution in [0.4, 0.5) is 0 Å². The van der Waals surface area contributed by atoms with E-state index in [1.54, 1.807) is 0 Å². The molecule has 5 nitrogen and oxygen atoms in total. The number of ether oxygens (including phenoxy) is 1. The maximum absolute atomic E-state index is 5.39. The van der Waals surface area contributed by atoms with Crippen LogP contribution in [-0.4, -0.2) is 44.3 Å². The van der Waals surface area contributed by atoms with Gasteiger partial charge in [-0.1, -0.05) is 6.92 Å². The molecule has 1 unspecified atom stereocenters. The van der Waals surface area contributed by atoms with E-state index in [4.69, 9.17) is 10.6 Å². The number of aliphatic imine (C=N–C) groups is 1. The third-order valence-corrected chi connectivity index (χ3v) is 3.01. The van der Waals surface area contributed by atoms with E-state index in [0.29, 0.717) is 11.9 Å². The van der Waals surface area contributed by atoms with E-state index in [0.717, 1.165) is 38.5 Å². The highest BCUT2D eigenvalue weighted by Gasteiger charge is 2.01. The average Bonchev–Trinajstić information content (AvgIpc) is 2.33. The minimum Gasteiger partial charge on any atom is -0.382 e. The predicted octanol–water partition coefficient (Wildman–Crippen LogP) is 0.821. The van der Waals surface area contributed by atoms with Crippen LogP contribution in [0.15, 0.2) is 4.99 Å². The molecule has 0 heterocycles. The van der Waals surface area contributed by atoms with Gasteiger partial charge in [-0.15, -0.1) is 0 Å². The van der Waals surface area contributed by atoms with Crippen LogP contribution in [0.5, 0.6) is 0 Å². The molecular formula is C11H26N4OS. The summed E-state index contributed by atoms with van der Waals surface area (Å²) < 4.78 is 5.24. The molecule has 1 atom stereocenters. The fourth-order valence-electron chi connectivity index (χ4n) is 1.26. The summed E-state index contributed by atoms with van der Waals surface area (Å²) >= 11 is 1.84. The molecule has 0 fully saturated rings. The molecule has 0 radical (unpaired) electrons. The highest BCUT2D eigenvalue weighted by atomic mass is 32.2. The van der Waals surface area contributed by atoms with Crippen molar-refractivity contribution in [1.82, 2.24) is 10.7 Å². The lowest BCUT2D eigenvalue weighted by Crippen LogP contribution is -2.42. The lowest BCUT2D eigenvalue weighted by atomic mass is 10.2. The van der Waals surface area contributed by atoms with Crippen molar-refractivity contribution >= 4 is 17.7 Å². The van der Waals surface area contributed by atoms with Gasteiger partial charge in [0.15, 0.2) is 0 Å². The van der Waals surface area contributed by atoms with Gasteiger partial charge < -0.3 is 10.1 Å². The Morgan fingerprint density at radius 2 is 2.29 bits per heavy atom. The monoisotopic (exact) mass is 262 g/mol. The van der Waals surface area contributed by atoms with Gasteiger partial charge in [0.2, 0.25) is 5.96 Å². The van der Waals surface area contributed by atoms with Gasteiger partial charge in [-0.2, -0.15) is 11.8 Å². The number of nitrogens with zero attached hydrogens (tertiary/aromatic N) is 1. The molecular weight excluding hydrogens is 236 g/mol. The van der Waals surface area contributed by atoms with Gasteiger partial charge in [-0.25, -0.2) is 5.84 Å². The van der Waals surface area contributed by atoms with Crippen molar-refractivity contribution in [3.05, 3.63) is 0 Å². The Labute approximate surface area is 109 Å². The maximum atomic E-state index is 5.39. The zero-order valence-corrected chi connectivity index (χ0v) is 12.0. The van der Waals surface area contributed by atoms with E-state index in [1.165, 1.54) is 0 Å². The fourth-order valence-corrected chi connectivity index (χ4v) is 1.94. The molecule has 0 aliphatic carbocycles. The molecule has 0 aromatic rings. The molecule has 0 aliphatic heterocycles. The number of thioether (sulfide) groups is 1. The first-order chi connectivity index (χ1) is 8.24. The summed E-state index contributed by atoms with van der Waals surface area (Å²) in [4.78, 5) is 4.39. The van der Waals surface area contributed by atoms with E-state index in [2.05, 4.69) is 28.9 Å². The van der Waals surface area contributed by atoms with Crippen LogP contribution in [0.2, 0.25) is 0 Å². The standard InChI is InChI=1S/C11H26N4OS/c1-4-16-7-5-6-13-11(15-12)14-8-10(2)9-17-3/h10H,4-9,12H2,1-3H3,(H2,13,14,15). The molecule has 0 saturated heterocycles. The molecule has 0 saturated carbocycles. The van der Waals surface area contributed by atoms with Gasteiger partial charge in [-0.05, 0) is 31.3 Å². The lowest BCUT2D eigenvalue weighted by molar-refractivity contribution is 0.145. The zero-order valence-electron chi connectivity index (χ0n) is 11.2. The SMILES string of the molecule is CCOCCCNC(=NCC(C)CSC)NN. The summed E-state index contributed by atoms with van der Waals surface area (Å²) in [5.41, 5.74) is 2.58. The van der Waals surface area contributed by atoms with Crippen molar-refractivity contribution in [2.75, 3.05) is 38.3 Å². The molecule has 0 spiro atoms. The number of rotatable bonds is 9. The second kappa shape index (κ2) is 12.0. The summed E-state index contributed by atoms with van der Waals surface area (Å²) in [6.07, 6.45) is 3.06. The predicted molar refractivity (Wildman–Crippen MR) is 76.3 cm³/mol. The van der Waals surface area contributed by atoms with Crippen molar-refractivity contribution in [3.8, 4) is 0 Å². The van der Waals surface area contributed by atoms with Crippen molar-refractivity contribution in [2.45, 2.75) is 20.3 Å². The number of nitrogens with one attached hydrogen (secondary N) is 2. The Bertz CT molecular complexity index is 202. The summed E-state index contributed by atoms with van der Waals surface area (Å²) in [6, 6.07) is 0. The minimum absolute atomic E-state index is 0.568. The molecule has 6 heteroatoms. The molecule has 0 aliphatic rings.